The minimum atomic E-state index is 0.714. The molecule has 1 unspecified atom stereocenters. The van der Waals surface area contributed by atoms with E-state index < -0.39 is 0 Å². The zero-order chi connectivity index (χ0) is 8.53. The maximum atomic E-state index is 5.39. The predicted octanol–water partition coefficient (Wildman–Crippen LogP) is 1.50. The molecule has 0 aliphatic rings. The Balaban J connectivity index is 3.20. The van der Waals surface area contributed by atoms with Crippen molar-refractivity contribution in [2.45, 2.75) is 45.6 Å². The van der Waals surface area contributed by atoms with Gasteiger partial charge in [0.2, 0.25) is 0 Å². The lowest BCUT2D eigenvalue weighted by Gasteiger charge is -2.15. The fourth-order valence-electron chi connectivity index (χ4n) is 1.21. The van der Waals surface area contributed by atoms with Crippen molar-refractivity contribution in [3.63, 3.8) is 0 Å². The Morgan fingerprint density at radius 3 is 2.55 bits per heavy atom. The van der Waals surface area contributed by atoms with E-state index in [-0.39, 0.29) is 0 Å². The summed E-state index contributed by atoms with van der Waals surface area (Å²) in [6.07, 6.45) is 4.90. The molecule has 0 saturated heterocycles. The molecule has 11 heavy (non-hydrogen) atoms. The van der Waals surface area contributed by atoms with Gasteiger partial charge in [-0.1, -0.05) is 20.3 Å². The van der Waals surface area contributed by atoms with E-state index in [0.29, 0.717) is 6.04 Å². The van der Waals surface area contributed by atoms with Crippen LogP contribution in [0, 0.1) is 0 Å². The highest BCUT2D eigenvalue weighted by Gasteiger charge is 2.01. The van der Waals surface area contributed by atoms with Crippen LogP contribution in [0.15, 0.2) is 0 Å². The maximum absolute atomic E-state index is 5.39. The number of hydrogen-bond acceptors (Lipinski definition) is 2. The van der Waals surface area contributed by atoms with Crippen LogP contribution in [0.25, 0.3) is 0 Å². The molecule has 0 rings (SSSR count). The van der Waals surface area contributed by atoms with Crippen molar-refractivity contribution in [1.29, 1.82) is 0 Å². The third-order valence-electron chi connectivity index (χ3n) is 1.94. The molecule has 3 N–H and O–H groups in total. The van der Waals surface area contributed by atoms with Crippen molar-refractivity contribution in [3.05, 3.63) is 0 Å². The van der Waals surface area contributed by atoms with Crippen LogP contribution < -0.4 is 11.1 Å². The molecular weight excluding hydrogens is 136 g/mol. The van der Waals surface area contributed by atoms with Gasteiger partial charge in [0.25, 0.3) is 0 Å². The quantitative estimate of drug-likeness (QED) is 0.551. The van der Waals surface area contributed by atoms with Crippen molar-refractivity contribution in [1.82, 2.24) is 5.32 Å². The predicted molar refractivity (Wildman–Crippen MR) is 50.7 cm³/mol. The fraction of sp³-hybridized carbons (Fsp3) is 1.00. The number of hydrogen-bond donors (Lipinski definition) is 2. The second-order valence-electron chi connectivity index (χ2n) is 2.99. The zero-order valence-electron chi connectivity index (χ0n) is 7.90. The van der Waals surface area contributed by atoms with Gasteiger partial charge in [0.1, 0.15) is 0 Å². The topological polar surface area (TPSA) is 38.0 Å². The van der Waals surface area contributed by atoms with Gasteiger partial charge >= 0.3 is 0 Å². The molecule has 0 spiro atoms. The molecule has 68 valence electrons. The average Bonchev–Trinajstić information content (AvgIpc) is 2.03. The van der Waals surface area contributed by atoms with Crippen LogP contribution in [0.2, 0.25) is 0 Å². The Hall–Kier alpha value is -0.0800. The van der Waals surface area contributed by atoms with Crippen LogP contribution in [-0.4, -0.2) is 19.1 Å². The summed E-state index contributed by atoms with van der Waals surface area (Å²) in [4.78, 5) is 0. The molecule has 0 aliphatic carbocycles. The zero-order valence-corrected chi connectivity index (χ0v) is 7.90. The molecule has 1 atom stereocenters. The molecule has 2 nitrogen and oxygen atoms in total. The number of nitrogens with two attached hydrogens (primary N) is 1. The van der Waals surface area contributed by atoms with E-state index >= 15 is 0 Å². The van der Waals surface area contributed by atoms with Crippen molar-refractivity contribution in [3.8, 4) is 0 Å². The van der Waals surface area contributed by atoms with Crippen LogP contribution in [0.3, 0.4) is 0 Å². The Labute approximate surface area is 70.5 Å². The SMILES string of the molecule is CCCC(CC)NCCCN. The van der Waals surface area contributed by atoms with Gasteiger partial charge < -0.3 is 11.1 Å². The van der Waals surface area contributed by atoms with Gasteiger partial charge in [-0.15, -0.1) is 0 Å². The van der Waals surface area contributed by atoms with Crippen molar-refractivity contribution in [2.24, 2.45) is 5.73 Å². The highest BCUT2D eigenvalue weighted by Crippen LogP contribution is 1.99. The maximum Gasteiger partial charge on any atom is 0.00643 e. The lowest BCUT2D eigenvalue weighted by atomic mass is 10.1. The van der Waals surface area contributed by atoms with Gasteiger partial charge in [-0.3, -0.25) is 0 Å². The van der Waals surface area contributed by atoms with Gasteiger partial charge in [0, 0.05) is 6.04 Å². The van der Waals surface area contributed by atoms with Crippen LogP contribution in [0.5, 0.6) is 0 Å². The average molecular weight is 158 g/mol. The smallest absolute Gasteiger partial charge is 0.00643 e. The summed E-state index contributed by atoms with van der Waals surface area (Å²) < 4.78 is 0. The first-order valence-electron chi connectivity index (χ1n) is 4.78. The third-order valence-corrected chi connectivity index (χ3v) is 1.94. The molecule has 0 amide bonds. The van der Waals surface area contributed by atoms with Gasteiger partial charge in [-0.25, -0.2) is 0 Å². The number of nitrogens with one attached hydrogen (secondary N) is 1. The summed E-state index contributed by atoms with van der Waals surface area (Å²) in [5.41, 5.74) is 5.39. The van der Waals surface area contributed by atoms with Gasteiger partial charge in [0.15, 0.2) is 0 Å². The Morgan fingerprint density at radius 2 is 2.09 bits per heavy atom. The van der Waals surface area contributed by atoms with E-state index in [9.17, 15) is 0 Å². The Morgan fingerprint density at radius 1 is 1.36 bits per heavy atom. The number of rotatable bonds is 7. The summed E-state index contributed by atoms with van der Waals surface area (Å²) in [6, 6.07) is 0.714. The van der Waals surface area contributed by atoms with Crippen molar-refractivity contribution in [2.75, 3.05) is 13.1 Å². The molecule has 0 aromatic carbocycles. The van der Waals surface area contributed by atoms with Crippen molar-refractivity contribution < 1.29 is 0 Å². The molecule has 0 aromatic rings. The molecule has 0 saturated carbocycles. The molecule has 0 fully saturated rings. The van der Waals surface area contributed by atoms with E-state index in [1.165, 1.54) is 19.3 Å². The van der Waals surface area contributed by atoms with Gasteiger partial charge in [-0.05, 0) is 32.4 Å². The highest BCUT2D eigenvalue weighted by molar-refractivity contribution is 4.63. The Kier molecular flexibility index (Phi) is 7.96. The molecule has 0 aliphatic heterocycles. The molecule has 2 heteroatoms. The molecule has 0 bridgehead atoms. The van der Waals surface area contributed by atoms with Crippen LogP contribution in [-0.2, 0) is 0 Å². The summed E-state index contributed by atoms with van der Waals surface area (Å²) in [7, 11) is 0. The second kappa shape index (κ2) is 8.02. The minimum absolute atomic E-state index is 0.714. The van der Waals surface area contributed by atoms with E-state index in [0.717, 1.165) is 19.5 Å². The lowest BCUT2D eigenvalue weighted by Crippen LogP contribution is -2.30. The standard InChI is InChI=1S/C9H22N2/c1-3-6-9(4-2)11-8-5-7-10/h9,11H,3-8,10H2,1-2H3. The Bertz CT molecular complexity index is 74.0. The van der Waals surface area contributed by atoms with Gasteiger partial charge in [0.05, 0.1) is 0 Å². The minimum Gasteiger partial charge on any atom is -0.330 e. The molecule has 0 heterocycles. The first-order valence-corrected chi connectivity index (χ1v) is 4.78. The summed E-state index contributed by atoms with van der Waals surface area (Å²) >= 11 is 0. The van der Waals surface area contributed by atoms with Crippen LogP contribution in [0.4, 0.5) is 0 Å². The van der Waals surface area contributed by atoms with E-state index in [2.05, 4.69) is 19.2 Å². The fourth-order valence-corrected chi connectivity index (χ4v) is 1.21. The molecular formula is C9H22N2. The third kappa shape index (κ3) is 6.32. The summed E-state index contributed by atoms with van der Waals surface area (Å²) in [5.74, 6) is 0. The van der Waals surface area contributed by atoms with E-state index in [1.807, 2.05) is 0 Å². The lowest BCUT2D eigenvalue weighted by molar-refractivity contribution is 0.460. The molecule has 0 radical (unpaired) electrons. The first-order chi connectivity index (χ1) is 5.35. The monoisotopic (exact) mass is 158 g/mol. The largest absolute Gasteiger partial charge is 0.330 e. The normalized spacial score (nSPS) is 13.4. The van der Waals surface area contributed by atoms with E-state index in [4.69, 9.17) is 5.73 Å². The van der Waals surface area contributed by atoms with Gasteiger partial charge in [-0.2, -0.15) is 0 Å². The first kappa shape index (κ1) is 10.9. The second-order valence-corrected chi connectivity index (χ2v) is 2.99. The van der Waals surface area contributed by atoms with Crippen LogP contribution in [0.1, 0.15) is 39.5 Å². The van der Waals surface area contributed by atoms with Crippen LogP contribution >= 0.6 is 0 Å². The summed E-state index contributed by atoms with van der Waals surface area (Å²) in [6.45, 7) is 6.34. The van der Waals surface area contributed by atoms with E-state index in [1.54, 1.807) is 0 Å². The van der Waals surface area contributed by atoms with Crippen molar-refractivity contribution >= 4 is 0 Å². The summed E-state index contributed by atoms with van der Waals surface area (Å²) in [5, 5.41) is 3.49. The highest BCUT2D eigenvalue weighted by atomic mass is 14.9. The molecule has 0 aromatic heterocycles.